The van der Waals surface area contributed by atoms with Crippen molar-refractivity contribution in [1.29, 1.82) is 0 Å². The average Bonchev–Trinajstić information content (AvgIpc) is 2.74. The summed E-state index contributed by atoms with van der Waals surface area (Å²) in [4.78, 5) is 25.2. The molecule has 0 radical (unpaired) electrons. The molecule has 1 fully saturated rings. The maximum absolute atomic E-state index is 13.1. The van der Waals surface area contributed by atoms with E-state index in [9.17, 15) is 18.0 Å². The highest BCUT2D eigenvalue weighted by molar-refractivity contribution is 7.89. The number of sulfonamides is 1. The Morgan fingerprint density at radius 1 is 1.06 bits per heavy atom. The van der Waals surface area contributed by atoms with E-state index in [1.165, 1.54) is 28.1 Å². The lowest BCUT2D eigenvalue weighted by atomic mass is 9.91. The molecule has 10 heteroatoms. The van der Waals surface area contributed by atoms with E-state index in [0.29, 0.717) is 19.0 Å². The predicted octanol–water partition coefficient (Wildman–Crippen LogP) is 2.22. The Hall–Kier alpha value is -2.75. The highest BCUT2D eigenvalue weighted by atomic mass is 35.5. The first-order valence-corrected chi connectivity index (χ1v) is 11.7. The first-order chi connectivity index (χ1) is 14.8. The molecule has 0 bridgehead atoms. The molecular formula is C21H21ClN4O4S. The number of piperidine rings is 1. The summed E-state index contributed by atoms with van der Waals surface area (Å²) in [6.07, 6.45) is 3.45. The van der Waals surface area contributed by atoms with Gasteiger partial charge in [0.1, 0.15) is 11.1 Å². The van der Waals surface area contributed by atoms with Crippen LogP contribution in [0.1, 0.15) is 18.4 Å². The van der Waals surface area contributed by atoms with Crippen molar-refractivity contribution in [2.24, 2.45) is 5.92 Å². The zero-order chi connectivity index (χ0) is 22.0. The molecule has 0 saturated carbocycles. The number of halogens is 1. The van der Waals surface area contributed by atoms with Gasteiger partial charge >= 0.3 is 5.69 Å². The number of hydrogen-bond donors (Lipinski definition) is 1. The van der Waals surface area contributed by atoms with Crippen LogP contribution in [-0.4, -0.2) is 40.6 Å². The largest absolute Gasteiger partial charge is 0.349 e. The van der Waals surface area contributed by atoms with Crippen LogP contribution in [0.25, 0.3) is 5.69 Å². The lowest BCUT2D eigenvalue weighted by molar-refractivity contribution is 0.273. The number of rotatable bonds is 5. The van der Waals surface area contributed by atoms with Gasteiger partial charge in [-0.2, -0.15) is 14.1 Å². The van der Waals surface area contributed by atoms with Gasteiger partial charge in [0, 0.05) is 13.1 Å². The molecule has 3 aromatic rings. The van der Waals surface area contributed by atoms with Crippen LogP contribution in [0.15, 0.2) is 69.2 Å². The lowest BCUT2D eigenvalue weighted by Crippen LogP contribution is -2.39. The van der Waals surface area contributed by atoms with Crippen molar-refractivity contribution in [3.8, 4) is 5.69 Å². The Bertz CT molecular complexity index is 1300. The van der Waals surface area contributed by atoms with Crippen molar-refractivity contribution in [3.05, 3.63) is 86.2 Å². The van der Waals surface area contributed by atoms with Crippen molar-refractivity contribution in [2.75, 3.05) is 13.1 Å². The van der Waals surface area contributed by atoms with Crippen molar-refractivity contribution in [2.45, 2.75) is 24.2 Å². The number of nitrogens with one attached hydrogen (secondary N) is 1. The molecule has 2 heterocycles. The molecule has 0 atom stereocenters. The highest BCUT2D eigenvalue weighted by Gasteiger charge is 2.31. The number of aromatic amines is 1. The normalized spacial score (nSPS) is 15.8. The summed E-state index contributed by atoms with van der Waals surface area (Å²) in [6.45, 7) is 0.859. The van der Waals surface area contributed by atoms with E-state index in [4.69, 9.17) is 11.6 Å². The Kier molecular flexibility index (Phi) is 6.08. The first kappa shape index (κ1) is 21.5. The predicted molar refractivity (Wildman–Crippen MR) is 117 cm³/mol. The SMILES string of the molecule is O=c1cnn(-c2ccc(S(=O)(=O)N3CCC(Cc4ccccc4)CC3)c(Cl)c2)c(=O)[nH]1. The lowest BCUT2D eigenvalue weighted by Gasteiger charge is -2.31. The Labute approximate surface area is 184 Å². The van der Waals surface area contributed by atoms with Gasteiger partial charge in [-0.15, -0.1) is 0 Å². The van der Waals surface area contributed by atoms with E-state index >= 15 is 0 Å². The Morgan fingerprint density at radius 2 is 1.77 bits per heavy atom. The van der Waals surface area contributed by atoms with E-state index in [2.05, 4.69) is 22.2 Å². The van der Waals surface area contributed by atoms with E-state index in [1.54, 1.807) is 0 Å². The Balaban J connectivity index is 1.50. The van der Waals surface area contributed by atoms with Crippen LogP contribution in [0.4, 0.5) is 0 Å². The van der Waals surface area contributed by atoms with Crippen molar-refractivity contribution in [3.63, 3.8) is 0 Å². The average molecular weight is 461 g/mol. The van der Waals surface area contributed by atoms with E-state index < -0.39 is 21.3 Å². The summed E-state index contributed by atoms with van der Waals surface area (Å²) in [5.41, 5.74) is 0.155. The quantitative estimate of drug-likeness (QED) is 0.628. The third-order valence-corrected chi connectivity index (χ3v) is 7.81. The van der Waals surface area contributed by atoms with Gasteiger partial charge in [-0.05, 0) is 48.9 Å². The zero-order valence-corrected chi connectivity index (χ0v) is 18.1. The van der Waals surface area contributed by atoms with Gasteiger partial charge < -0.3 is 0 Å². The minimum Gasteiger partial charge on any atom is -0.271 e. The highest BCUT2D eigenvalue weighted by Crippen LogP contribution is 2.30. The monoisotopic (exact) mass is 460 g/mol. The van der Waals surface area contributed by atoms with Crippen LogP contribution < -0.4 is 11.2 Å². The topological polar surface area (TPSA) is 105 Å². The molecule has 0 spiro atoms. The second-order valence-corrected chi connectivity index (χ2v) is 9.82. The summed E-state index contributed by atoms with van der Waals surface area (Å²) in [5.74, 6) is 0.435. The van der Waals surface area contributed by atoms with Crippen LogP contribution >= 0.6 is 11.6 Å². The molecule has 0 unspecified atom stereocenters. The molecule has 0 amide bonds. The number of hydrogen-bond acceptors (Lipinski definition) is 5. The molecular weight excluding hydrogens is 440 g/mol. The maximum Gasteiger partial charge on any atom is 0.349 e. The molecule has 4 rings (SSSR count). The Morgan fingerprint density at radius 3 is 2.42 bits per heavy atom. The molecule has 1 aliphatic rings. The van der Waals surface area contributed by atoms with Gasteiger partial charge in [0.25, 0.3) is 5.56 Å². The summed E-state index contributed by atoms with van der Waals surface area (Å²) in [7, 11) is -3.77. The standard InChI is InChI=1S/C21H21ClN4O4S/c22-18-13-17(26-21(28)24-20(27)14-23-26)6-7-19(18)31(29,30)25-10-8-16(9-11-25)12-15-4-2-1-3-5-15/h1-7,13-14,16H,8-12H2,(H,24,27,28). The van der Waals surface area contributed by atoms with Crippen molar-refractivity contribution >= 4 is 21.6 Å². The van der Waals surface area contributed by atoms with Crippen molar-refractivity contribution in [1.82, 2.24) is 19.1 Å². The van der Waals surface area contributed by atoms with Gasteiger partial charge in [-0.1, -0.05) is 41.9 Å². The van der Waals surface area contributed by atoms with E-state index in [-0.39, 0.29) is 15.6 Å². The molecule has 1 aliphatic heterocycles. The summed E-state index contributed by atoms with van der Waals surface area (Å²) >= 11 is 6.28. The third kappa shape index (κ3) is 4.63. The molecule has 1 saturated heterocycles. The van der Waals surface area contributed by atoms with Crippen LogP contribution in [0.2, 0.25) is 5.02 Å². The fourth-order valence-electron chi connectivity index (χ4n) is 3.81. The van der Waals surface area contributed by atoms with Crippen LogP contribution in [0, 0.1) is 5.92 Å². The fraction of sp³-hybridized carbons (Fsp3) is 0.286. The molecule has 2 aromatic carbocycles. The fourth-order valence-corrected chi connectivity index (χ4v) is 5.79. The molecule has 1 aromatic heterocycles. The number of H-pyrrole nitrogens is 1. The maximum atomic E-state index is 13.1. The van der Waals surface area contributed by atoms with E-state index in [1.807, 2.05) is 18.2 Å². The summed E-state index contributed by atoms with van der Waals surface area (Å²) < 4.78 is 28.7. The smallest absolute Gasteiger partial charge is 0.271 e. The second-order valence-electron chi connectivity index (χ2n) is 7.50. The van der Waals surface area contributed by atoms with Crippen LogP contribution in [0.5, 0.6) is 0 Å². The van der Waals surface area contributed by atoms with Gasteiger partial charge in [-0.25, -0.2) is 13.2 Å². The summed E-state index contributed by atoms with van der Waals surface area (Å²) in [5, 5.41) is 3.75. The van der Waals surface area contributed by atoms with Gasteiger partial charge in [-0.3, -0.25) is 9.78 Å². The molecule has 162 valence electrons. The van der Waals surface area contributed by atoms with Crippen LogP contribution in [0.3, 0.4) is 0 Å². The molecule has 0 aliphatic carbocycles. The molecule has 31 heavy (non-hydrogen) atoms. The number of aromatic nitrogens is 3. The van der Waals surface area contributed by atoms with Crippen LogP contribution in [-0.2, 0) is 16.4 Å². The third-order valence-electron chi connectivity index (χ3n) is 5.43. The van der Waals surface area contributed by atoms with Gasteiger partial charge in [0.05, 0.1) is 10.7 Å². The zero-order valence-electron chi connectivity index (χ0n) is 16.6. The number of benzene rings is 2. The summed E-state index contributed by atoms with van der Waals surface area (Å²) in [6, 6.07) is 14.3. The number of nitrogens with zero attached hydrogens (tertiary/aromatic N) is 3. The van der Waals surface area contributed by atoms with Crippen molar-refractivity contribution < 1.29 is 8.42 Å². The minimum absolute atomic E-state index is 0.0104. The van der Waals surface area contributed by atoms with E-state index in [0.717, 1.165) is 30.1 Å². The van der Waals surface area contributed by atoms with Gasteiger partial charge in [0.2, 0.25) is 10.0 Å². The van der Waals surface area contributed by atoms with Gasteiger partial charge in [0.15, 0.2) is 0 Å². The molecule has 8 nitrogen and oxygen atoms in total. The minimum atomic E-state index is -3.77. The first-order valence-electron chi connectivity index (χ1n) is 9.87. The second kappa shape index (κ2) is 8.78. The molecule has 1 N–H and O–H groups in total.